The van der Waals surface area contributed by atoms with E-state index in [-0.39, 0.29) is 5.91 Å². The third kappa shape index (κ3) is 4.39. The highest BCUT2D eigenvalue weighted by Crippen LogP contribution is 2.04. The molecule has 1 heterocycles. The van der Waals surface area contributed by atoms with Crippen molar-refractivity contribution in [3.63, 3.8) is 0 Å². The van der Waals surface area contributed by atoms with E-state index in [1.54, 1.807) is 11.3 Å². The van der Waals surface area contributed by atoms with Crippen LogP contribution >= 0.6 is 11.3 Å². The lowest BCUT2D eigenvalue weighted by atomic mass is 10.3. The highest BCUT2D eigenvalue weighted by Gasteiger charge is 2.01. The van der Waals surface area contributed by atoms with Crippen molar-refractivity contribution in [2.75, 3.05) is 6.54 Å². The molecule has 0 saturated heterocycles. The topological polar surface area (TPSA) is 41.1 Å². The zero-order valence-electron chi connectivity index (χ0n) is 8.54. The quantitative estimate of drug-likeness (QED) is 0.774. The first-order chi connectivity index (χ1) is 6.68. The molecule has 2 N–H and O–H groups in total. The number of thiophene rings is 1. The van der Waals surface area contributed by atoms with Gasteiger partial charge in [-0.25, -0.2) is 0 Å². The highest BCUT2D eigenvalue weighted by atomic mass is 32.1. The molecular weight excluding hydrogens is 196 g/mol. The summed E-state index contributed by atoms with van der Waals surface area (Å²) in [7, 11) is 0. The van der Waals surface area contributed by atoms with Gasteiger partial charge in [0.05, 0.1) is 6.54 Å². The van der Waals surface area contributed by atoms with Gasteiger partial charge in [-0.3, -0.25) is 4.79 Å². The SMILES string of the molecule is CC(C)NCC(=O)NCc1ccsc1. The third-order valence-corrected chi connectivity index (χ3v) is 2.47. The van der Waals surface area contributed by atoms with Crippen LogP contribution < -0.4 is 10.6 Å². The maximum Gasteiger partial charge on any atom is 0.234 e. The molecule has 0 spiro atoms. The molecule has 0 fully saturated rings. The van der Waals surface area contributed by atoms with Gasteiger partial charge in [-0.05, 0) is 22.4 Å². The van der Waals surface area contributed by atoms with Crippen LogP contribution in [-0.2, 0) is 11.3 Å². The first-order valence-electron chi connectivity index (χ1n) is 4.69. The second-order valence-electron chi connectivity index (χ2n) is 3.44. The van der Waals surface area contributed by atoms with E-state index in [1.807, 2.05) is 30.7 Å². The molecule has 0 aliphatic carbocycles. The Balaban J connectivity index is 2.15. The molecule has 1 aromatic heterocycles. The first-order valence-corrected chi connectivity index (χ1v) is 5.64. The normalized spacial score (nSPS) is 10.5. The minimum Gasteiger partial charge on any atom is -0.351 e. The number of hydrogen-bond donors (Lipinski definition) is 2. The number of hydrogen-bond acceptors (Lipinski definition) is 3. The summed E-state index contributed by atoms with van der Waals surface area (Å²) in [6.07, 6.45) is 0. The van der Waals surface area contributed by atoms with Crippen LogP contribution in [0.2, 0.25) is 0 Å². The van der Waals surface area contributed by atoms with Crippen molar-refractivity contribution < 1.29 is 4.79 Å². The predicted octanol–water partition coefficient (Wildman–Crippen LogP) is 1.36. The van der Waals surface area contributed by atoms with Crippen LogP contribution in [-0.4, -0.2) is 18.5 Å². The lowest BCUT2D eigenvalue weighted by molar-refractivity contribution is -0.120. The molecule has 14 heavy (non-hydrogen) atoms. The van der Waals surface area contributed by atoms with E-state index in [2.05, 4.69) is 10.6 Å². The molecule has 1 amide bonds. The van der Waals surface area contributed by atoms with Gasteiger partial charge in [0, 0.05) is 12.6 Å². The molecule has 4 heteroatoms. The van der Waals surface area contributed by atoms with E-state index < -0.39 is 0 Å². The fourth-order valence-corrected chi connectivity index (χ4v) is 1.62. The van der Waals surface area contributed by atoms with Gasteiger partial charge in [-0.15, -0.1) is 0 Å². The molecule has 0 aromatic carbocycles. The zero-order valence-corrected chi connectivity index (χ0v) is 9.36. The van der Waals surface area contributed by atoms with Crippen LogP contribution in [0, 0.1) is 0 Å². The lowest BCUT2D eigenvalue weighted by Crippen LogP contribution is -2.36. The van der Waals surface area contributed by atoms with Crippen molar-refractivity contribution in [2.24, 2.45) is 0 Å². The smallest absolute Gasteiger partial charge is 0.234 e. The Kier molecular flexibility index (Phi) is 4.62. The van der Waals surface area contributed by atoms with Crippen LogP contribution in [0.1, 0.15) is 19.4 Å². The Morgan fingerprint density at radius 3 is 2.93 bits per heavy atom. The van der Waals surface area contributed by atoms with Crippen molar-refractivity contribution in [1.82, 2.24) is 10.6 Å². The number of carbonyl (C=O) groups is 1. The fourth-order valence-electron chi connectivity index (χ4n) is 0.953. The molecule has 0 aliphatic rings. The van der Waals surface area contributed by atoms with E-state index in [9.17, 15) is 4.79 Å². The van der Waals surface area contributed by atoms with Crippen LogP contribution in [0.5, 0.6) is 0 Å². The number of nitrogens with one attached hydrogen (secondary N) is 2. The lowest BCUT2D eigenvalue weighted by Gasteiger charge is -2.07. The molecule has 1 aromatic rings. The molecule has 0 bridgehead atoms. The Bertz CT molecular complexity index is 270. The average Bonchev–Trinajstić information content (AvgIpc) is 2.63. The third-order valence-electron chi connectivity index (χ3n) is 1.74. The monoisotopic (exact) mass is 212 g/mol. The predicted molar refractivity (Wildman–Crippen MR) is 59.3 cm³/mol. The van der Waals surface area contributed by atoms with E-state index in [0.29, 0.717) is 19.1 Å². The summed E-state index contributed by atoms with van der Waals surface area (Å²) in [4.78, 5) is 11.3. The van der Waals surface area contributed by atoms with E-state index in [4.69, 9.17) is 0 Å². The largest absolute Gasteiger partial charge is 0.351 e. The summed E-state index contributed by atoms with van der Waals surface area (Å²) in [6.45, 7) is 5.06. The number of amides is 1. The molecule has 1 rings (SSSR count). The van der Waals surface area contributed by atoms with Gasteiger partial charge >= 0.3 is 0 Å². The standard InChI is InChI=1S/C10H16N2OS/c1-8(2)11-6-10(13)12-5-9-3-4-14-7-9/h3-4,7-8,11H,5-6H2,1-2H3,(H,12,13). The molecule has 0 radical (unpaired) electrons. The van der Waals surface area contributed by atoms with E-state index in [0.717, 1.165) is 5.56 Å². The van der Waals surface area contributed by atoms with Crippen LogP contribution in [0.25, 0.3) is 0 Å². The summed E-state index contributed by atoms with van der Waals surface area (Å²) >= 11 is 1.64. The van der Waals surface area contributed by atoms with Gasteiger partial charge in [-0.2, -0.15) is 11.3 Å². The number of carbonyl (C=O) groups excluding carboxylic acids is 1. The van der Waals surface area contributed by atoms with Crippen molar-refractivity contribution in [2.45, 2.75) is 26.4 Å². The zero-order chi connectivity index (χ0) is 10.4. The molecule has 0 aliphatic heterocycles. The fraction of sp³-hybridized carbons (Fsp3) is 0.500. The Morgan fingerprint density at radius 2 is 2.36 bits per heavy atom. The van der Waals surface area contributed by atoms with Gasteiger partial charge in [0.25, 0.3) is 0 Å². The minimum absolute atomic E-state index is 0.0462. The van der Waals surface area contributed by atoms with Crippen molar-refractivity contribution >= 4 is 17.2 Å². The first kappa shape index (κ1) is 11.2. The highest BCUT2D eigenvalue weighted by molar-refractivity contribution is 7.07. The second kappa shape index (κ2) is 5.78. The van der Waals surface area contributed by atoms with Gasteiger partial charge in [0.1, 0.15) is 0 Å². The molecule has 0 atom stereocenters. The Morgan fingerprint density at radius 1 is 1.57 bits per heavy atom. The van der Waals surface area contributed by atoms with Crippen LogP contribution in [0.4, 0.5) is 0 Å². The van der Waals surface area contributed by atoms with Crippen molar-refractivity contribution in [1.29, 1.82) is 0 Å². The van der Waals surface area contributed by atoms with Gasteiger partial charge in [-0.1, -0.05) is 13.8 Å². The number of rotatable bonds is 5. The van der Waals surface area contributed by atoms with E-state index in [1.165, 1.54) is 0 Å². The summed E-state index contributed by atoms with van der Waals surface area (Å²) < 4.78 is 0. The minimum atomic E-state index is 0.0462. The second-order valence-corrected chi connectivity index (χ2v) is 4.22. The average molecular weight is 212 g/mol. The van der Waals surface area contributed by atoms with Crippen molar-refractivity contribution in [3.8, 4) is 0 Å². The van der Waals surface area contributed by atoms with Crippen LogP contribution in [0.3, 0.4) is 0 Å². The summed E-state index contributed by atoms with van der Waals surface area (Å²) in [5, 5.41) is 9.96. The molecule has 0 unspecified atom stereocenters. The molecular formula is C10H16N2OS. The summed E-state index contributed by atoms with van der Waals surface area (Å²) in [5.41, 5.74) is 1.16. The molecule has 0 saturated carbocycles. The maximum atomic E-state index is 11.3. The van der Waals surface area contributed by atoms with Crippen molar-refractivity contribution in [3.05, 3.63) is 22.4 Å². The Labute approximate surface area is 88.5 Å². The van der Waals surface area contributed by atoms with Gasteiger partial charge < -0.3 is 10.6 Å². The molecule has 3 nitrogen and oxygen atoms in total. The van der Waals surface area contributed by atoms with Gasteiger partial charge in [0.15, 0.2) is 0 Å². The van der Waals surface area contributed by atoms with Crippen LogP contribution in [0.15, 0.2) is 16.8 Å². The Hall–Kier alpha value is -0.870. The molecule has 78 valence electrons. The van der Waals surface area contributed by atoms with E-state index >= 15 is 0 Å². The maximum absolute atomic E-state index is 11.3. The summed E-state index contributed by atoms with van der Waals surface area (Å²) in [5.74, 6) is 0.0462. The van der Waals surface area contributed by atoms with Gasteiger partial charge in [0.2, 0.25) is 5.91 Å². The summed E-state index contributed by atoms with van der Waals surface area (Å²) in [6, 6.07) is 2.36.